The maximum atomic E-state index is 14.1. The Kier molecular flexibility index (Phi) is 9.32. The fraction of sp³-hybridized carbons (Fsp3) is 0.326. The summed E-state index contributed by atoms with van der Waals surface area (Å²) in [4.78, 5) is 49.0. The minimum Gasteiger partial charge on any atom is -0.381 e. The summed E-state index contributed by atoms with van der Waals surface area (Å²) >= 11 is 1.43. The first-order chi connectivity index (χ1) is 25.3. The maximum Gasteiger partial charge on any atom is 0.258 e. The molecule has 52 heavy (non-hydrogen) atoms. The van der Waals surface area contributed by atoms with Crippen LogP contribution in [0.5, 0.6) is 0 Å². The van der Waals surface area contributed by atoms with Gasteiger partial charge in [-0.05, 0) is 135 Å². The van der Waals surface area contributed by atoms with E-state index < -0.39 is 0 Å². The first kappa shape index (κ1) is 34.1. The Labute approximate surface area is 308 Å². The molecule has 0 atom stereocenters. The number of ketones is 1. The number of carbonyl (C=O) groups is 3. The van der Waals surface area contributed by atoms with Crippen LogP contribution in [0.25, 0.3) is 17.2 Å². The number of aryl methyl sites for hydroxylation is 1. The molecular weight excluding hydrogens is 669 g/mol. The summed E-state index contributed by atoms with van der Waals surface area (Å²) in [6.45, 7) is 3.98. The second-order valence-corrected chi connectivity index (χ2v) is 15.7. The lowest BCUT2D eigenvalue weighted by molar-refractivity contribution is 0.0217. The van der Waals surface area contributed by atoms with Gasteiger partial charge in [0.2, 0.25) is 5.78 Å². The van der Waals surface area contributed by atoms with Crippen molar-refractivity contribution in [3.05, 3.63) is 117 Å². The van der Waals surface area contributed by atoms with Gasteiger partial charge in [-0.15, -0.1) is 11.3 Å². The van der Waals surface area contributed by atoms with Crippen molar-refractivity contribution in [2.75, 3.05) is 30.0 Å². The number of carbonyl (C=O) groups excluding carboxylic acids is 3. The van der Waals surface area contributed by atoms with Crippen molar-refractivity contribution in [1.29, 1.82) is 5.41 Å². The molecule has 9 heteroatoms. The lowest BCUT2D eigenvalue weighted by Crippen LogP contribution is -2.32. The van der Waals surface area contributed by atoms with Crippen molar-refractivity contribution < 1.29 is 19.1 Å². The van der Waals surface area contributed by atoms with Gasteiger partial charge in [0.25, 0.3) is 11.8 Å². The molecule has 2 aromatic heterocycles. The summed E-state index contributed by atoms with van der Waals surface area (Å²) in [5.41, 5.74) is 7.65. The summed E-state index contributed by atoms with van der Waals surface area (Å²) in [5, 5.41) is 11.4. The molecule has 2 aliphatic carbocycles. The van der Waals surface area contributed by atoms with Crippen LogP contribution in [-0.2, 0) is 4.74 Å². The molecule has 2 fully saturated rings. The van der Waals surface area contributed by atoms with Gasteiger partial charge in [-0.1, -0.05) is 30.7 Å². The number of ether oxygens (including phenoxy) is 1. The van der Waals surface area contributed by atoms with E-state index in [-0.39, 0.29) is 34.6 Å². The zero-order valence-corrected chi connectivity index (χ0v) is 30.2. The molecule has 4 aliphatic rings. The zero-order valence-electron chi connectivity index (χ0n) is 29.4. The van der Waals surface area contributed by atoms with Crippen LogP contribution in [0.2, 0.25) is 0 Å². The summed E-state index contributed by atoms with van der Waals surface area (Å²) in [6.07, 6.45) is 11.8. The van der Waals surface area contributed by atoms with Crippen LogP contribution in [0.15, 0.2) is 78.9 Å². The highest BCUT2D eigenvalue weighted by molar-refractivity contribution is 7.16. The molecule has 264 valence electrons. The third-order valence-electron chi connectivity index (χ3n) is 11.2. The number of amides is 2. The van der Waals surface area contributed by atoms with E-state index in [9.17, 15) is 14.4 Å². The number of hydrogen-bond acceptors (Lipinski definition) is 7. The molecule has 2 aromatic carbocycles. The standard InChI is InChI=1S/C43H42N4O4S/c1-27-9-14-34(39(45-27)32-17-19-43(26-32)20-23-51-24-21-43)41(49)46-33-12-10-29(11-13-33)42(50)47-22-18-31(25-30-5-2-3-8-35(30)47)36-15-16-37(52-36)40(48)38(44)28-6-4-7-28/h2-3,5,8-17,25,28,44H,4,6-7,18-24,26H2,1H3,(H,46,49). The molecular formula is C43H42N4O4S. The number of hydrogen-bond donors (Lipinski definition) is 2. The summed E-state index contributed by atoms with van der Waals surface area (Å²) in [5.74, 6) is -0.433. The Balaban J connectivity index is 0.961. The summed E-state index contributed by atoms with van der Waals surface area (Å²) in [7, 11) is 0. The molecule has 0 unspecified atom stereocenters. The second kappa shape index (κ2) is 14.2. The van der Waals surface area contributed by atoms with Crippen LogP contribution in [0.4, 0.5) is 11.4 Å². The summed E-state index contributed by atoms with van der Waals surface area (Å²) in [6, 6.07) is 22.5. The van der Waals surface area contributed by atoms with Crippen molar-refractivity contribution in [3.8, 4) is 0 Å². The lowest BCUT2D eigenvalue weighted by Gasteiger charge is -2.33. The Morgan fingerprint density at radius 2 is 1.75 bits per heavy atom. The van der Waals surface area contributed by atoms with E-state index in [4.69, 9.17) is 15.1 Å². The number of Topliss-reactive ketones (excluding diaryl/α,β-unsaturated/α-hetero) is 1. The van der Waals surface area contributed by atoms with Crippen molar-refractivity contribution in [1.82, 2.24) is 4.98 Å². The van der Waals surface area contributed by atoms with Crippen LogP contribution in [-0.4, -0.2) is 48.1 Å². The molecule has 1 spiro atoms. The van der Waals surface area contributed by atoms with Gasteiger partial charge in [-0.25, -0.2) is 0 Å². The number of pyridine rings is 1. The van der Waals surface area contributed by atoms with E-state index in [1.165, 1.54) is 11.3 Å². The Bertz CT molecular complexity index is 2140. The Hall–Kier alpha value is -4.99. The second-order valence-electron chi connectivity index (χ2n) is 14.6. The molecule has 8 rings (SSSR count). The van der Waals surface area contributed by atoms with Gasteiger partial charge in [0.05, 0.1) is 27.5 Å². The highest BCUT2D eigenvalue weighted by atomic mass is 32.1. The van der Waals surface area contributed by atoms with E-state index in [0.29, 0.717) is 34.7 Å². The van der Waals surface area contributed by atoms with Crippen molar-refractivity contribution in [2.24, 2.45) is 11.3 Å². The molecule has 1 saturated heterocycles. The number of para-hydroxylation sites is 1. The monoisotopic (exact) mass is 710 g/mol. The van der Waals surface area contributed by atoms with Gasteiger partial charge < -0.3 is 20.4 Å². The number of fused-ring (bicyclic) bond motifs is 1. The first-order valence-corrected chi connectivity index (χ1v) is 19.1. The molecule has 8 nitrogen and oxygen atoms in total. The number of thiophene rings is 1. The quantitative estimate of drug-likeness (QED) is 0.140. The number of nitrogens with zero attached hydrogens (tertiary/aromatic N) is 2. The molecule has 2 N–H and O–H groups in total. The highest BCUT2D eigenvalue weighted by Gasteiger charge is 2.38. The minimum atomic E-state index is -0.228. The average Bonchev–Trinajstić information content (AvgIpc) is 3.74. The third kappa shape index (κ3) is 6.71. The molecule has 2 aliphatic heterocycles. The topological polar surface area (TPSA) is 112 Å². The number of allylic oxidation sites excluding steroid dienone is 2. The third-order valence-corrected chi connectivity index (χ3v) is 12.3. The van der Waals surface area contributed by atoms with Crippen molar-refractivity contribution in [3.63, 3.8) is 0 Å². The van der Waals surface area contributed by atoms with Gasteiger partial charge >= 0.3 is 0 Å². The van der Waals surface area contributed by atoms with Crippen LogP contribution in [0, 0.1) is 23.7 Å². The van der Waals surface area contributed by atoms with Gasteiger partial charge in [0, 0.05) is 47.5 Å². The smallest absolute Gasteiger partial charge is 0.258 e. The predicted molar refractivity (Wildman–Crippen MR) is 207 cm³/mol. The molecule has 0 radical (unpaired) electrons. The molecule has 1 saturated carbocycles. The van der Waals surface area contributed by atoms with E-state index >= 15 is 0 Å². The van der Waals surface area contributed by atoms with Crippen LogP contribution < -0.4 is 10.2 Å². The first-order valence-electron chi connectivity index (χ1n) is 18.3. The maximum absolute atomic E-state index is 14.1. The van der Waals surface area contributed by atoms with Crippen LogP contribution in [0.3, 0.4) is 0 Å². The molecule has 2 amide bonds. The van der Waals surface area contributed by atoms with Crippen molar-refractivity contribution in [2.45, 2.75) is 58.3 Å². The van der Waals surface area contributed by atoms with Gasteiger partial charge in [0.1, 0.15) is 0 Å². The van der Waals surface area contributed by atoms with E-state index in [1.807, 2.05) is 60.4 Å². The largest absolute Gasteiger partial charge is 0.381 e. The number of rotatable bonds is 8. The van der Waals surface area contributed by atoms with Gasteiger partial charge in [-0.2, -0.15) is 0 Å². The fourth-order valence-corrected chi connectivity index (χ4v) is 8.81. The molecule has 4 aromatic rings. The normalized spacial score (nSPS) is 18.1. The lowest BCUT2D eigenvalue weighted by atomic mass is 9.77. The average molecular weight is 711 g/mol. The number of benzene rings is 2. The molecule has 4 heterocycles. The number of anilines is 2. The minimum absolute atomic E-state index is 0.0928. The van der Waals surface area contributed by atoms with Crippen LogP contribution in [0.1, 0.15) is 104 Å². The van der Waals surface area contributed by atoms with Crippen LogP contribution >= 0.6 is 11.3 Å². The number of aromatic nitrogens is 1. The van der Waals surface area contributed by atoms with Gasteiger partial charge in [0.15, 0.2) is 0 Å². The Morgan fingerprint density at radius 1 is 0.962 bits per heavy atom. The van der Waals surface area contributed by atoms with Gasteiger partial charge in [-0.3, -0.25) is 19.4 Å². The zero-order chi connectivity index (χ0) is 35.8. The Morgan fingerprint density at radius 3 is 2.52 bits per heavy atom. The van der Waals surface area contributed by atoms with Crippen molar-refractivity contribution >= 4 is 63.2 Å². The fourth-order valence-electron chi connectivity index (χ4n) is 7.81. The highest BCUT2D eigenvalue weighted by Crippen LogP contribution is 2.48. The predicted octanol–water partition coefficient (Wildman–Crippen LogP) is 9.27. The van der Waals surface area contributed by atoms with E-state index in [1.54, 1.807) is 24.3 Å². The SMILES string of the molecule is Cc1ccc(C(=O)Nc2ccc(C(=O)N3CCC(c4ccc(C(=O)C(=N)C5CCC5)s4)=Cc4ccccc43)cc2)c(C2=CCC3(CCOCC3)C2)n1. The molecule has 0 bridgehead atoms. The summed E-state index contributed by atoms with van der Waals surface area (Å²) < 4.78 is 5.62. The van der Waals surface area contributed by atoms with E-state index in [2.05, 4.69) is 17.5 Å². The van der Waals surface area contributed by atoms with E-state index in [0.717, 1.165) is 96.8 Å². The number of nitrogens with one attached hydrogen (secondary N) is 2.